The Morgan fingerprint density at radius 1 is 1.17 bits per heavy atom. The fourth-order valence-electron chi connectivity index (χ4n) is 2.63. The number of fused-ring (bicyclic) bond motifs is 1. The summed E-state index contributed by atoms with van der Waals surface area (Å²) >= 11 is 0. The van der Waals surface area contributed by atoms with Crippen LogP contribution in [-0.4, -0.2) is 31.2 Å². The number of nitriles is 1. The Bertz CT molecular complexity index is 977. The lowest BCUT2D eigenvalue weighted by Crippen LogP contribution is -2.29. The van der Waals surface area contributed by atoms with E-state index in [4.69, 9.17) is 19.5 Å². The Balaban J connectivity index is 1.56. The van der Waals surface area contributed by atoms with Gasteiger partial charge in [-0.1, -0.05) is 12.1 Å². The molecule has 0 saturated carbocycles. The molecule has 3 rings (SSSR count). The third-order valence-electron chi connectivity index (χ3n) is 4.10. The van der Waals surface area contributed by atoms with Gasteiger partial charge in [-0.15, -0.1) is 0 Å². The van der Waals surface area contributed by atoms with Gasteiger partial charge in [0, 0.05) is 18.2 Å². The quantitative estimate of drug-likeness (QED) is 0.619. The second kappa shape index (κ2) is 9.42. The number of ether oxygens (including phenoxy) is 3. The van der Waals surface area contributed by atoms with Gasteiger partial charge < -0.3 is 19.5 Å². The molecule has 1 amide bonds. The molecule has 1 heterocycles. The van der Waals surface area contributed by atoms with Crippen molar-refractivity contribution in [2.24, 2.45) is 0 Å². The van der Waals surface area contributed by atoms with E-state index < -0.39 is 18.0 Å². The zero-order valence-electron chi connectivity index (χ0n) is 15.9. The SMILES string of the molecule is C[C@@H](OC(=O)/C=C/c1ccc2c(c1)OCCCO2)C(=O)Nc1cccc(C#N)c1. The number of carbonyl (C=O) groups excluding carboxylic acids is 2. The summed E-state index contributed by atoms with van der Waals surface area (Å²) in [6, 6.07) is 13.8. The number of benzene rings is 2. The molecule has 0 bridgehead atoms. The van der Waals surface area contributed by atoms with Gasteiger partial charge in [0.05, 0.1) is 24.8 Å². The summed E-state index contributed by atoms with van der Waals surface area (Å²) in [5.41, 5.74) is 1.63. The maximum Gasteiger partial charge on any atom is 0.331 e. The summed E-state index contributed by atoms with van der Waals surface area (Å²) in [7, 11) is 0. The highest BCUT2D eigenvalue weighted by Gasteiger charge is 2.17. The van der Waals surface area contributed by atoms with E-state index in [1.165, 1.54) is 19.1 Å². The predicted molar refractivity (Wildman–Crippen MR) is 106 cm³/mol. The Morgan fingerprint density at radius 3 is 2.76 bits per heavy atom. The molecule has 0 saturated heterocycles. The second-order valence-electron chi connectivity index (χ2n) is 6.35. The molecule has 1 aliphatic heterocycles. The van der Waals surface area contributed by atoms with Crippen molar-refractivity contribution < 1.29 is 23.8 Å². The van der Waals surface area contributed by atoms with Crippen LogP contribution in [0.3, 0.4) is 0 Å². The van der Waals surface area contributed by atoms with E-state index in [2.05, 4.69) is 5.32 Å². The van der Waals surface area contributed by atoms with E-state index in [0.29, 0.717) is 36.0 Å². The standard InChI is InChI=1S/C22H20N2O5/c1-15(22(26)24-18-5-2-4-17(12-18)14-23)29-21(25)9-7-16-6-8-19-20(13-16)28-11-3-10-27-19/h2,4-9,12-13,15H,3,10-11H2,1H3,(H,24,26)/b9-7+/t15-/m1/s1. The molecule has 1 N–H and O–H groups in total. The first kappa shape index (κ1) is 20.0. The van der Waals surface area contributed by atoms with Crippen molar-refractivity contribution in [3.63, 3.8) is 0 Å². The van der Waals surface area contributed by atoms with Gasteiger partial charge in [-0.25, -0.2) is 4.79 Å². The summed E-state index contributed by atoms with van der Waals surface area (Å²) in [6.45, 7) is 2.66. The molecule has 1 atom stereocenters. The van der Waals surface area contributed by atoms with Crippen LogP contribution in [0.1, 0.15) is 24.5 Å². The third kappa shape index (κ3) is 5.59. The highest BCUT2D eigenvalue weighted by Crippen LogP contribution is 2.30. The maximum atomic E-state index is 12.2. The average molecular weight is 392 g/mol. The van der Waals surface area contributed by atoms with E-state index in [-0.39, 0.29) is 0 Å². The summed E-state index contributed by atoms with van der Waals surface area (Å²) in [5.74, 6) is 0.168. The molecule has 1 aliphatic rings. The molecule has 0 aliphatic carbocycles. The summed E-state index contributed by atoms with van der Waals surface area (Å²) in [5, 5.41) is 11.5. The number of rotatable bonds is 5. The van der Waals surface area contributed by atoms with Gasteiger partial charge >= 0.3 is 5.97 Å². The van der Waals surface area contributed by atoms with Crippen LogP contribution in [0.5, 0.6) is 11.5 Å². The zero-order chi connectivity index (χ0) is 20.6. The minimum absolute atomic E-state index is 0.422. The number of carbonyl (C=O) groups is 2. The van der Waals surface area contributed by atoms with Gasteiger partial charge in [-0.2, -0.15) is 5.26 Å². The molecule has 2 aromatic rings. The first-order valence-electron chi connectivity index (χ1n) is 9.14. The van der Waals surface area contributed by atoms with Crippen LogP contribution < -0.4 is 14.8 Å². The molecule has 0 fully saturated rings. The number of nitrogens with zero attached hydrogens (tertiary/aromatic N) is 1. The Kier molecular flexibility index (Phi) is 6.48. The lowest BCUT2D eigenvalue weighted by atomic mass is 10.2. The van der Waals surface area contributed by atoms with Crippen LogP contribution in [0.4, 0.5) is 5.69 Å². The maximum absolute atomic E-state index is 12.2. The van der Waals surface area contributed by atoms with Gasteiger partial charge in [-0.3, -0.25) is 4.79 Å². The lowest BCUT2D eigenvalue weighted by molar-refractivity contribution is -0.148. The van der Waals surface area contributed by atoms with Crippen molar-refractivity contribution in [1.82, 2.24) is 0 Å². The minimum Gasteiger partial charge on any atom is -0.490 e. The Hall–Kier alpha value is -3.79. The number of esters is 1. The van der Waals surface area contributed by atoms with E-state index in [1.807, 2.05) is 6.07 Å². The molecule has 0 spiro atoms. The monoisotopic (exact) mass is 392 g/mol. The van der Waals surface area contributed by atoms with E-state index in [9.17, 15) is 9.59 Å². The van der Waals surface area contributed by atoms with Gasteiger partial charge in [0.15, 0.2) is 17.6 Å². The van der Waals surface area contributed by atoms with Gasteiger partial charge in [0.1, 0.15) is 0 Å². The lowest BCUT2D eigenvalue weighted by Gasteiger charge is -2.12. The van der Waals surface area contributed by atoms with Gasteiger partial charge in [0.2, 0.25) is 0 Å². The first-order valence-corrected chi connectivity index (χ1v) is 9.14. The largest absolute Gasteiger partial charge is 0.490 e. The van der Waals surface area contributed by atoms with Crippen LogP contribution in [0.15, 0.2) is 48.5 Å². The van der Waals surface area contributed by atoms with Crippen molar-refractivity contribution in [3.05, 3.63) is 59.7 Å². The summed E-state index contributed by atoms with van der Waals surface area (Å²) < 4.78 is 16.3. The number of hydrogen-bond acceptors (Lipinski definition) is 6. The Morgan fingerprint density at radius 2 is 1.97 bits per heavy atom. The minimum atomic E-state index is -0.998. The summed E-state index contributed by atoms with van der Waals surface area (Å²) in [6.07, 6.45) is 2.64. The van der Waals surface area contributed by atoms with Crippen LogP contribution in [0.25, 0.3) is 6.08 Å². The topological polar surface area (TPSA) is 97.7 Å². The fourth-order valence-corrected chi connectivity index (χ4v) is 2.63. The van der Waals surface area contributed by atoms with Crippen molar-refractivity contribution in [2.45, 2.75) is 19.4 Å². The highest BCUT2D eigenvalue weighted by atomic mass is 16.5. The van der Waals surface area contributed by atoms with Crippen molar-refractivity contribution in [2.75, 3.05) is 18.5 Å². The van der Waals surface area contributed by atoms with Gasteiger partial charge in [0.25, 0.3) is 5.91 Å². The molecule has 0 radical (unpaired) electrons. The molecule has 2 aromatic carbocycles. The third-order valence-corrected chi connectivity index (χ3v) is 4.10. The molecule has 29 heavy (non-hydrogen) atoms. The molecule has 0 aromatic heterocycles. The first-order chi connectivity index (χ1) is 14.0. The van der Waals surface area contributed by atoms with Crippen LogP contribution >= 0.6 is 0 Å². The molecular formula is C22H20N2O5. The van der Waals surface area contributed by atoms with Gasteiger partial charge in [-0.05, 0) is 48.9 Å². The van der Waals surface area contributed by atoms with Crippen molar-refractivity contribution >= 4 is 23.6 Å². The molecule has 148 valence electrons. The zero-order valence-corrected chi connectivity index (χ0v) is 15.9. The van der Waals surface area contributed by atoms with Crippen LogP contribution in [-0.2, 0) is 14.3 Å². The molecule has 7 nitrogen and oxygen atoms in total. The smallest absolute Gasteiger partial charge is 0.331 e. The normalized spacial score (nSPS) is 13.8. The van der Waals surface area contributed by atoms with E-state index >= 15 is 0 Å². The van der Waals surface area contributed by atoms with Crippen molar-refractivity contribution in [3.8, 4) is 17.6 Å². The fraction of sp³-hybridized carbons (Fsp3) is 0.227. The number of hydrogen-bond donors (Lipinski definition) is 1. The average Bonchev–Trinajstić information content (AvgIpc) is 2.97. The van der Waals surface area contributed by atoms with Crippen LogP contribution in [0.2, 0.25) is 0 Å². The Labute approximate surface area is 168 Å². The van der Waals surface area contributed by atoms with E-state index in [1.54, 1.807) is 42.5 Å². The number of amides is 1. The molecule has 7 heteroatoms. The predicted octanol–water partition coefficient (Wildman–Crippen LogP) is 3.30. The summed E-state index contributed by atoms with van der Waals surface area (Å²) in [4.78, 5) is 24.2. The van der Waals surface area contributed by atoms with Crippen LogP contribution in [0, 0.1) is 11.3 Å². The molecular weight excluding hydrogens is 372 g/mol. The van der Waals surface area contributed by atoms with Crippen molar-refractivity contribution in [1.29, 1.82) is 5.26 Å². The van der Waals surface area contributed by atoms with E-state index in [0.717, 1.165) is 12.0 Å². The number of nitrogens with one attached hydrogen (secondary N) is 1. The second-order valence-corrected chi connectivity index (χ2v) is 6.35. The molecule has 0 unspecified atom stereocenters. The number of anilines is 1. The highest BCUT2D eigenvalue weighted by molar-refractivity contribution is 5.96.